The summed E-state index contributed by atoms with van der Waals surface area (Å²) in [5.41, 5.74) is 3.61. The van der Waals surface area contributed by atoms with E-state index in [0.717, 1.165) is 55.6 Å². The monoisotopic (exact) mass is 408 g/mol. The number of alkyl carbamates (subject to hydrolysis) is 1. The first-order valence-corrected chi connectivity index (χ1v) is 11.0. The van der Waals surface area contributed by atoms with Crippen LogP contribution in [-0.4, -0.2) is 36.7 Å². The van der Waals surface area contributed by atoms with Crippen molar-refractivity contribution in [3.63, 3.8) is 0 Å². The Labute approximate surface area is 177 Å². The molecule has 3 heterocycles. The van der Waals surface area contributed by atoms with Crippen molar-refractivity contribution in [1.29, 1.82) is 0 Å². The minimum Gasteiger partial charge on any atom is -0.445 e. The number of fused-ring (bicyclic) bond motifs is 4. The summed E-state index contributed by atoms with van der Waals surface area (Å²) in [7, 11) is 0. The van der Waals surface area contributed by atoms with E-state index in [9.17, 15) is 9.18 Å². The van der Waals surface area contributed by atoms with E-state index in [0.29, 0.717) is 11.5 Å². The van der Waals surface area contributed by atoms with Gasteiger partial charge in [-0.25, -0.2) is 9.18 Å². The Kier molecular flexibility index (Phi) is 4.81. The number of nitrogens with zero attached hydrogens (tertiary/aromatic N) is 1. The van der Waals surface area contributed by atoms with Crippen molar-refractivity contribution in [2.45, 2.75) is 45.3 Å². The zero-order valence-corrected chi connectivity index (χ0v) is 17.7. The van der Waals surface area contributed by atoms with Crippen molar-refractivity contribution in [2.24, 2.45) is 11.3 Å². The first-order valence-electron chi connectivity index (χ1n) is 11.0. The van der Waals surface area contributed by atoms with E-state index in [-0.39, 0.29) is 29.5 Å². The number of nitrogens with one attached hydrogen (secondary N) is 1. The first kappa shape index (κ1) is 19.6. The average molecular weight is 409 g/mol. The van der Waals surface area contributed by atoms with Gasteiger partial charge in [0.25, 0.3) is 0 Å². The summed E-state index contributed by atoms with van der Waals surface area (Å²) < 4.78 is 20.1. The molecule has 158 valence electrons. The third-order valence-electron chi connectivity index (χ3n) is 7.18. The van der Waals surface area contributed by atoms with Crippen LogP contribution in [0.25, 0.3) is 11.1 Å². The van der Waals surface area contributed by atoms with E-state index in [4.69, 9.17) is 4.74 Å². The molecule has 1 N–H and O–H groups in total. The first-order chi connectivity index (χ1) is 14.4. The maximum Gasteiger partial charge on any atom is 0.407 e. The number of benzene rings is 2. The van der Waals surface area contributed by atoms with E-state index in [1.54, 1.807) is 12.1 Å². The van der Waals surface area contributed by atoms with Crippen LogP contribution in [0.15, 0.2) is 42.5 Å². The van der Waals surface area contributed by atoms with Gasteiger partial charge in [0.05, 0.1) is 6.04 Å². The standard InChI is InChI=1S/C25H29FN2O2/c1-25(2)14-18-13-17(19-5-3-4-6-21(19)26)7-8-20(18)23(25)27-24(29)30-22-15-28-11-9-16(22)10-12-28/h3-8,13,16,22-23H,9-12,14-15H2,1-2H3,(H,27,29)/t22-,23?/m1/s1. The SMILES string of the molecule is CC1(C)Cc2cc(-c3ccccc3F)ccc2C1NC(=O)O[C@@H]1CN2CCC1CC2. The molecule has 0 spiro atoms. The van der Waals surface area contributed by atoms with Crippen LogP contribution < -0.4 is 5.32 Å². The molecule has 6 rings (SSSR count). The minimum atomic E-state index is -0.321. The van der Waals surface area contributed by atoms with Crippen molar-refractivity contribution in [3.05, 3.63) is 59.4 Å². The molecule has 2 aromatic rings. The van der Waals surface area contributed by atoms with Gasteiger partial charge in [-0.3, -0.25) is 4.90 Å². The number of rotatable bonds is 3. The Morgan fingerprint density at radius 2 is 1.93 bits per heavy atom. The predicted octanol–water partition coefficient (Wildman–Crippen LogP) is 4.94. The lowest BCUT2D eigenvalue weighted by Gasteiger charge is -2.44. The van der Waals surface area contributed by atoms with Crippen LogP contribution in [0.4, 0.5) is 9.18 Å². The molecule has 0 radical (unpaired) electrons. The Morgan fingerprint density at radius 1 is 1.17 bits per heavy atom. The number of amides is 1. The van der Waals surface area contributed by atoms with E-state index >= 15 is 0 Å². The Hall–Kier alpha value is -2.40. The van der Waals surface area contributed by atoms with Gasteiger partial charge in [-0.05, 0) is 66.4 Å². The summed E-state index contributed by atoms with van der Waals surface area (Å²) in [5, 5.41) is 3.15. The molecule has 5 heteroatoms. The van der Waals surface area contributed by atoms with E-state index in [1.807, 2.05) is 18.2 Å². The number of ether oxygens (including phenoxy) is 1. The Morgan fingerprint density at radius 3 is 2.63 bits per heavy atom. The van der Waals surface area contributed by atoms with Crippen molar-refractivity contribution < 1.29 is 13.9 Å². The average Bonchev–Trinajstić information content (AvgIpc) is 2.98. The fraction of sp³-hybridized carbons (Fsp3) is 0.480. The van der Waals surface area contributed by atoms with Gasteiger partial charge >= 0.3 is 6.09 Å². The lowest BCUT2D eigenvalue weighted by atomic mass is 9.85. The lowest BCUT2D eigenvalue weighted by Crippen LogP contribution is -2.53. The number of hydrogen-bond donors (Lipinski definition) is 1. The molecule has 1 unspecified atom stereocenters. The second-order valence-electron chi connectivity index (χ2n) is 9.72. The number of carbonyl (C=O) groups is 1. The zero-order valence-electron chi connectivity index (χ0n) is 17.7. The topological polar surface area (TPSA) is 41.6 Å². The van der Waals surface area contributed by atoms with Gasteiger partial charge in [-0.15, -0.1) is 0 Å². The molecule has 1 aliphatic carbocycles. The Balaban J connectivity index is 1.34. The van der Waals surface area contributed by atoms with Gasteiger partial charge < -0.3 is 10.1 Å². The smallest absolute Gasteiger partial charge is 0.407 e. The van der Waals surface area contributed by atoms with Gasteiger partial charge in [0.1, 0.15) is 11.9 Å². The van der Waals surface area contributed by atoms with Gasteiger partial charge in [0, 0.05) is 12.1 Å². The van der Waals surface area contributed by atoms with Crippen LogP contribution in [0.3, 0.4) is 0 Å². The number of hydrogen-bond acceptors (Lipinski definition) is 3. The summed E-state index contributed by atoms with van der Waals surface area (Å²) >= 11 is 0. The van der Waals surface area contributed by atoms with E-state index in [1.165, 1.54) is 6.07 Å². The number of carbonyl (C=O) groups excluding carboxylic acids is 1. The molecule has 3 aliphatic heterocycles. The summed E-state index contributed by atoms with van der Waals surface area (Å²) in [6.45, 7) is 7.43. The fourth-order valence-electron chi connectivity index (χ4n) is 5.52. The molecule has 1 amide bonds. The zero-order chi connectivity index (χ0) is 20.9. The van der Waals surface area contributed by atoms with Crippen molar-refractivity contribution >= 4 is 6.09 Å². The summed E-state index contributed by atoms with van der Waals surface area (Å²) in [6.07, 6.45) is 2.75. The molecular weight excluding hydrogens is 379 g/mol. The minimum absolute atomic E-state index is 0.0000764. The highest BCUT2D eigenvalue weighted by Gasteiger charge is 2.42. The summed E-state index contributed by atoms with van der Waals surface area (Å²) in [4.78, 5) is 15.2. The van der Waals surface area contributed by atoms with Gasteiger partial charge in [-0.2, -0.15) is 0 Å². The van der Waals surface area contributed by atoms with Crippen LogP contribution in [0, 0.1) is 17.2 Å². The lowest BCUT2D eigenvalue weighted by molar-refractivity contribution is -0.0348. The molecular formula is C25H29FN2O2. The molecule has 3 fully saturated rings. The maximum absolute atomic E-state index is 14.2. The third-order valence-corrected chi connectivity index (χ3v) is 7.18. The second-order valence-corrected chi connectivity index (χ2v) is 9.72. The largest absolute Gasteiger partial charge is 0.445 e. The number of halogens is 1. The van der Waals surface area contributed by atoms with Crippen LogP contribution in [0.2, 0.25) is 0 Å². The van der Waals surface area contributed by atoms with Crippen molar-refractivity contribution in [1.82, 2.24) is 10.2 Å². The van der Waals surface area contributed by atoms with Gasteiger partial charge in [0.2, 0.25) is 0 Å². The van der Waals surface area contributed by atoms with Crippen LogP contribution in [0.1, 0.15) is 43.9 Å². The highest BCUT2D eigenvalue weighted by molar-refractivity contribution is 5.70. The van der Waals surface area contributed by atoms with E-state index in [2.05, 4.69) is 30.1 Å². The predicted molar refractivity (Wildman–Crippen MR) is 115 cm³/mol. The number of piperidine rings is 3. The second kappa shape index (κ2) is 7.38. The summed E-state index contributed by atoms with van der Waals surface area (Å²) in [5.74, 6) is 0.276. The highest BCUT2D eigenvalue weighted by atomic mass is 19.1. The molecule has 2 atom stereocenters. The summed E-state index contributed by atoms with van der Waals surface area (Å²) in [6, 6.07) is 12.8. The fourth-order valence-corrected chi connectivity index (χ4v) is 5.52. The van der Waals surface area contributed by atoms with Crippen molar-refractivity contribution in [2.75, 3.05) is 19.6 Å². The van der Waals surface area contributed by atoms with E-state index < -0.39 is 0 Å². The van der Waals surface area contributed by atoms with Crippen LogP contribution in [-0.2, 0) is 11.2 Å². The van der Waals surface area contributed by atoms with Gasteiger partial charge in [-0.1, -0.05) is 50.2 Å². The third kappa shape index (κ3) is 3.49. The molecule has 2 aromatic carbocycles. The van der Waals surface area contributed by atoms with Crippen molar-refractivity contribution in [3.8, 4) is 11.1 Å². The molecule has 4 nitrogen and oxygen atoms in total. The quantitative estimate of drug-likeness (QED) is 0.782. The van der Waals surface area contributed by atoms with Crippen LogP contribution in [0.5, 0.6) is 0 Å². The molecule has 0 saturated carbocycles. The maximum atomic E-state index is 14.2. The normalized spacial score (nSPS) is 28.8. The molecule has 3 saturated heterocycles. The molecule has 0 aromatic heterocycles. The highest BCUT2D eigenvalue weighted by Crippen LogP contribution is 2.46. The van der Waals surface area contributed by atoms with Crippen LogP contribution >= 0.6 is 0 Å². The molecule has 30 heavy (non-hydrogen) atoms. The van der Waals surface area contributed by atoms with Gasteiger partial charge in [0.15, 0.2) is 0 Å². The Bertz CT molecular complexity index is 965. The molecule has 2 bridgehead atoms. The molecule has 4 aliphatic rings.